The molecule has 0 aliphatic carbocycles. The maximum atomic E-state index is 12.4. The number of thiazole rings is 1. The summed E-state index contributed by atoms with van der Waals surface area (Å²) < 4.78 is 5.17. The quantitative estimate of drug-likeness (QED) is 0.398. The van der Waals surface area contributed by atoms with Crippen LogP contribution in [-0.2, 0) is 11.3 Å². The molecule has 0 aliphatic rings. The standard InChI is InChI=1S/C24H22N4O2S/c1-3-30-24(29)20-14-26-21(17-10-5-4-6-11-17)28-22(20)25-13-18-15-31-23(27-18)19-12-8-7-9-16(19)2/h4-12,14-15H,3,13H2,1-2H3,(H,25,26,28). The molecule has 0 bridgehead atoms. The van der Waals surface area contributed by atoms with Gasteiger partial charge in [0.15, 0.2) is 5.82 Å². The lowest BCUT2D eigenvalue weighted by Crippen LogP contribution is -2.13. The van der Waals surface area contributed by atoms with Crippen LogP contribution in [0.5, 0.6) is 0 Å². The van der Waals surface area contributed by atoms with E-state index in [2.05, 4.69) is 34.3 Å². The third-order valence-corrected chi connectivity index (χ3v) is 5.60. The number of rotatable bonds is 7. The Morgan fingerprint density at radius 3 is 2.61 bits per heavy atom. The van der Waals surface area contributed by atoms with Crippen molar-refractivity contribution >= 4 is 23.1 Å². The van der Waals surface area contributed by atoms with Gasteiger partial charge < -0.3 is 10.1 Å². The molecule has 2 aromatic carbocycles. The van der Waals surface area contributed by atoms with E-state index < -0.39 is 5.97 Å². The zero-order valence-electron chi connectivity index (χ0n) is 17.3. The number of anilines is 1. The predicted octanol–water partition coefficient (Wildman–Crippen LogP) is 5.36. The fourth-order valence-electron chi connectivity index (χ4n) is 3.10. The second-order valence-electron chi connectivity index (χ2n) is 6.85. The van der Waals surface area contributed by atoms with Crippen molar-refractivity contribution in [3.63, 3.8) is 0 Å². The fourth-order valence-corrected chi connectivity index (χ4v) is 4.01. The second-order valence-corrected chi connectivity index (χ2v) is 7.71. The third-order valence-electron chi connectivity index (χ3n) is 4.68. The van der Waals surface area contributed by atoms with Crippen LogP contribution in [-0.4, -0.2) is 27.5 Å². The molecule has 0 aliphatic heterocycles. The Morgan fingerprint density at radius 1 is 1.06 bits per heavy atom. The molecule has 0 saturated carbocycles. The molecule has 0 saturated heterocycles. The Labute approximate surface area is 185 Å². The number of aryl methyl sites for hydroxylation is 1. The Balaban J connectivity index is 1.59. The van der Waals surface area contributed by atoms with Crippen molar-refractivity contribution in [2.75, 3.05) is 11.9 Å². The van der Waals surface area contributed by atoms with Gasteiger partial charge in [-0.25, -0.2) is 19.7 Å². The highest BCUT2D eigenvalue weighted by atomic mass is 32.1. The first-order valence-electron chi connectivity index (χ1n) is 9.99. The highest BCUT2D eigenvalue weighted by Crippen LogP contribution is 2.27. The van der Waals surface area contributed by atoms with E-state index in [0.717, 1.165) is 21.8 Å². The van der Waals surface area contributed by atoms with E-state index in [0.29, 0.717) is 23.8 Å². The normalized spacial score (nSPS) is 10.6. The van der Waals surface area contributed by atoms with Crippen molar-refractivity contribution in [3.05, 3.63) is 83.0 Å². The van der Waals surface area contributed by atoms with E-state index >= 15 is 0 Å². The van der Waals surface area contributed by atoms with Crippen LogP contribution in [0.15, 0.2) is 66.2 Å². The van der Waals surface area contributed by atoms with Crippen LogP contribution in [0.2, 0.25) is 0 Å². The first-order chi connectivity index (χ1) is 15.2. The highest BCUT2D eigenvalue weighted by molar-refractivity contribution is 7.13. The lowest BCUT2D eigenvalue weighted by Gasteiger charge is -2.11. The van der Waals surface area contributed by atoms with E-state index in [1.165, 1.54) is 11.8 Å². The van der Waals surface area contributed by atoms with Crippen LogP contribution in [0.4, 0.5) is 5.82 Å². The minimum absolute atomic E-state index is 0.282. The van der Waals surface area contributed by atoms with Gasteiger partial charge in [0.05, 0.1) is 18.8 Å². The number of hydrogen-bond acceptors (Lipinski definition) is 7. The topological polar surface area (TPSA) is 77.0 Å². The van der Waals surface area contributed by atoms with Crippen molar-refractivity contribution in [1.29, 1.82) is 0 Å². The summed E-state index contributed by atoms with van der Waals surface area (Å²) in [6.07, 6.45) is 1.51. The summed E-state index contributed by atoms with van der Waals surface area (Å²) >= 11 is 1.60. The predicted molar refractivity (Wildman–Crippen MR) is 123 cm³/mol. The van der Waals surface area contributed by atoms with Gasteiger partial charge in [0, 0.05) is 22.7 Å². The van der Waals surface area contributed by atoms with Gasteiger partial charge in [-0.15, -0.1) is 11.3 Å². The van der Waals surface area contributed by atoms with Crippen LogP contribution in [0, 0.1) is 6.92 Å². The molecule has 1 N–H and O–H groups in total. The van der Waals surface area contributed by atoms with Crippen LogP contribution in [0.3, 0.4) is 0 Å². The molecule has 6 nitrogen and oxygen atoms in total. The first-order valence-corrected chi connectivity index (χ1v) is 10.9. The molecule has 0 fully saturated rings. The molecule has 156 valence electrons. The van der Waals surface area contributed by atoms with Gasteiger partial charge in [-0.2, -0.15) is 0 Å². The number of nitrogens with zero attached hydrogens (tertiary/aromatic N) is 3. The maximum absolute atomic E-state index is 12.4. The van der Waals surface area contributed by atoms with E-state index in [4.69, 9.17) is 9.72 Å². The lowest BCUT2D eigenvalue weighted by molar-refractivity contribution is 0.0526. The number of nitrogens with one attached hydrogen (secondary N) is 1. The number of carbonyl (C=O) groups is 1. The molecule has 0 atom stereocenters. The van der Waals surface area contributed by atoms with Gasteiger partial charge >= 0.3 is 5.97 Å². The molecular weight excluding hydrogens is 408 g/mol. The molecule has 0 spiro atoms. The number of carbonyl (C=O) groups excluding carboxylic acids is 1. The Bertz CT molecular complexity index is 1190. The van der Waals surface area contributed by atoms with Gasteiger partial charge in [0.25, 0.3) is 0 Å². The van der Waals surface area contributed by atoms with Crippen molar-refractivity contribution in [2.24, 2.45) is 0 Å². The zero-order chi connectivity index (χ0) is 21.6. The molecule has 7 heteroatoms. The van der Waals surface area contributed by atoms with Gasteiger partial charge in [-0.3, -0.25) is 0 Å². The van der Waals surface area contributed by atoms with Crippen LogP contribution in [0.25, 0.3) is 22.0 Å². The van der Waals surface area contributed by atoms with Crippen LogP contribution in [0.1, 0.15) is 28.5 Å². The molecule has 0 unspecified atom stereocenters. The van der Waals surface area contributed by atoms with Crippen molar-refractivity contribution in [3.8, 4) is 22.0 Å². The molecule has 4 aromatic rings. The Morgan fingerprint density at radius 2 is 1.84 bits per heavy atom. The molecule has 4 rings (SSSR count). The van der Waals surface area contributed by atoms with Crippen molar-refractivity contribution in [2.45, 2.75) is 20.4 Å². The second kappa shape index (κ2) is 9.49. The molecule has 0 radical (unpaired) electrons. The van der Waals surface area contributed by atoms with Gasteiger partial charge in [-0.1, -0.05) is 54.6 Å². The molecular formula is C24H22N4O2S. The van der Waals surface area contributed by atoms with Crippen molar-refractivity contribution < 1.29 is 9.53 Å². The summed E-state index contributed by atoms with van der Waals surface area (Å²) in [4.78, 5) is 26.1. The Hall–Kier alpha value is -3.58. The first kappa shape index (κ1) is 20.7. The summed E-state index contributed by atoms with van der Waals surface area (Å²) in [7, 11) is 0. The summed E-state index contributed by atoms with van der Waals surface area (Å²) in [6, 6.07) is 17.8. The summed E-state index contributed by atoms with van der Waals surface area (Å²) in [5.74, 6) is 0.510. The average molecular weight is 431 g/mol. The molecule has 2 aromatic heterocycles. The van der Waals surface area contributed by atoms with E-state index in [9.17, 15) is 4.79 Å². The highest BCUT2D eigenvalue weighted by Gasteiger charge is 2.17. The summed E-state index contributed by atoms with van der Waals surface area (Å²) in [5.41, 5.74) is 4.36. The number of esters is 1. The largest absolute Gasteiger partial charge is 0.462 e. The van der Waals surface area contributed by atoms with Crippen LogP contribution >= 0.6 is 11.3 Å². The SMILES string of the molecule is CCOC(=O)c1cnc(-c2ccccc2)nc1NCc1csc(-c2ccccc2C)n1. The zero-order valence-corrected chi connectivity index (χ0v) is 18.1. The molecule has 31 heavy (non-hydrogen) atoms. The van der Waals surface area contributed by atoms with E-state index in [1.807, 2.05) is 47.8 Å². The maximum Gasteiger partial charge on any atom is 0.343 e. The van der Waals surface area contributed by atoms with Gasteiger partial charge in [-0.05, 0) is 19.4 Å². The number of ether oxygens (including phenoxy) is 1. The monoisotopic (exact) mass is 430 g/mol. The summed E-state index contributed by atoms with van der Waals surface area (Å²) in [5, 5.41) is 6.23. The average Bonchev–Trinajstić information content (AvgIpc) is 3.27. The van der Waals surface area contributed by atoms with E-state index in [1.54, 1.807) is 18.3 Å². The minimum atomic E-state index is -0.455. The third kappa shape index (κ3) is 4.78. The van der Waals surface area contributed by atoms with Gasteiger partial charge in [0.1, 0.15) is 16.4 Å². The number of aromatic nitrogens is 3. The molecule has 0 amide bonds. The number of benzene rings is 2. The van der Waals surface area contributed by atoms with Crippen molar-refractivity contribution in [1.82, 2.24) is 15.0 Å². The Kier molecular flexibility index (Phi) is 6.33. The summed E-state index contributed by atoms with van der Waals surface area (Å²) in [6.45, 7) is 4.56. The molecule has 2 heterocycles. The van der Waals surface area contributed by atoms with E-state index in [-0.39, 0.29) is 6.61 Å². The fraction of sp³-hybridized carbons (Fsp3) is 0.167. The number of hydrogen-bond donors (Lipinski definition) is 1. The van der Waals surface area contributed by atoms with Gasteiger partial charge in [0.2, 0.25) is 0 Å². The smallest absolute Gasteiger partial charge is 0.343 e. The lowest BCUT2D eigenvalue weighted by atomic mass is 10.1. The minimum Gasteiger partial charge on any atom is -0.462 e. The van der Waals surface area contributed by atoms with Crippen LogP contribution < -0.4 is 5.32 Å².